The molecule has 30 heavy (non-hydrogen) atoms. The van der Waals surface area contributed by atoms with Crippen LogP contribution in [0.25, 0.3) is 5.57 Å². The summed E-state index contributed by atoms with van der Waals surface area (Å²) in [7, 11) is 0. The average Bonchev–Trinajstić information content (AvgIpc) is 3.30. The summed E-state index contributed by atoms with van der Waals surface area (Å²) in [5.74, 6) is 0.416. The molecule has 0 radical (unpaired) electrons. The molecule has 0 saturated carbocycles. The van der Waals surface area contributed by atoms with Crippen LogP contribution in [0, 0.1) is 0 Å². The third-order valence-electron chi connectivity index (χ3n) is 7.32. The number of allylic oxidation sites excluding steroid dienone is 2. The van der Waals surface area contributed by atoms with Crippen LogP contribution in [-0.2, 0) is 6.54 Å². The molecule has 5 rings (SSSR count). The van der Waals surface area contributed by atoms with Crippen LogP contribution in [0.4, 0.5) is 0 Å². The summed E-state index contributed by atoms with van der Waals surface area (Å²) in [4.78, 5) is 9.33. The fourth-order valence-corrected chi connectivity index (χ4v) is 5.75. The highest BCUT2D eigenvalue weighted by Gasteiger charge is 2.49. The minimum Gasteiger partial charge on any atom is -0.395 e. The Hall–Kier alpha value is -2.01. The van der Waals surface area contributed by atoms with Gasteiger partial charge < -0.3 is 5.11 Å². The van der Waals surface area contributed by atoms with E-state index in [0.29, 0.717) is 12.0 Å². The number of aliphatic hydroxyl groups is 1. The number of aromatic nitrogens is 1. The number of benzene rings is 1. The minimum atomic E-state index is 0.248. The van der Waals surface area contributed by atoms with E-state index in [0.717, 1.165) is 26.2 Å². The Morgan fingerprint density at radius 2 is 1.77 bits per heavy atom. The molecular weight excluding hydrogens is 370 g/mol. The maximum absolute atomic E-state index is 10.2. The lowest BCUT2D eigenvalue weighted by atomic mass is 9.74. The molecule has 1 N–H and O–H groups in total. The van der Waals surface area contributed by atoms with E-state index in [4.69, 9.17) is 0 Å². The lowest BCUT2D eigenvalue weighted by Gasteiger charge is -2.57. The van der Waals surface area contributed by atoms with Crippen molar-refractivity contribution < 1.29 is 5.11 Å². The van der Waals surface area contributed by atoms with E-state index in [1.807, 2.05) is 12.4 Å². The van der Waals surface area contributed by atoms with E-state index in [2.05, 4.69) is 57.3 Å². The van der Waals surface area contributed by atoms with Crippen LogP contribution in [0.3, 0.4) is 0 Å². The molecule has 1 aromatic carbocycles. The summed E-state index contributed by atoms with van der Waals surface area (Å²) in [5, 5.41) is 10.2. The van der Waals surface area contributed by atoms with E-state index in [9.17, 15) is 5.11 Å². The quantitative estimate of drug-likeness (QED) is 0.817. The predicted octanol–water partition coefficient (Wildman–Crippen LogP) is 4.07. The molecule has 0 spiro atoms. The Balaban J connectivity index is 1.34. The van der Waals surface area contributed by atoms with Crippen molar-refractivity contribution in [3.05, 3.63) is 71.6 Å². The van der Waals surface area contributed by atoms with Crippen molar-refractivity contribution >= 4 is 5.57 Å². The molecule has 3 aliphatic rings. The molecule has 2 aliphatic heterocycles. The van der Waals surface area contributed by atoms with Crippen LogP contribution in [0.5, 0.6) is 0 Å². The van der Waals surface area contributed by atoms with Gasteiger partial charge in [0.25, 0.3) is 0 Å². The van der Waals surface area contributed by atoms with Crippen LogP contribution in [0.1, 0.15) is 54.7 Å². The Labute approximate surface area is 180 Å². The second kappa shape index (κ2) is 9.01. The number of hydrogen-bond donors (Lipinski definition) is 1. The van der Waals surface area contributed by atoms with Crippen LogP contribution < -0.4 is 0 Å². The smallest absolute Gasteiger partial charge is 0.0593 e. The number of aliphatic hydroxyl groups excluding tert-OH is 1. The number of fused-ring (bicyclic) bond motifs is 1. The molecule has 3 atom stereocenters. The first kappa shape index (κ1) is 19.9. The van der Waals surface area contributed by atoms with Crippen LogP contribution in [0.15, 0.2) is 54.9 Å². The topological polar surface area (TPSA) is 39.6 Å². The molecule has 4 nitrogen and oxygen atoms in total. The molecule has 0 bridgehead atoms. The molecule has 4 heteroatoms. The zero-order valence-corrected chi connectivity index (χ0v) is 17.8. The van der Waals surface area contributed by atoms with Gasteiger partial charge in [-0.05, 0) is 79.6 Å². The van der Waals surface area contributed by atoms with Gasteiger partial charge in [0.15, 0.2) is 0 Å². The Morgan fingerprint density at radius 1 is 0.967 bits per heavy atom. The van der Waals surface area contributed by atoms with Gasteiger partial charge in [0, 0.05) is 43.5 Å². The molecule has 1 aromatic heterocycles. The molecule has 158 valence electrons. The third-order valence-corrected chi connectivity index (χ3v) is 7.32. The zero-order chi connectivity index (χ0) is 20.3. The molecule has 1 aliphatic carbocycles. The lowest BCUT2D eigenvalue weighted by molar-refractivity contribution is -0.0655. The molecule has 2 aromatic rings. The van der Waals surface area contributed by atoms with Crippen LogP contribution in [0.2, 0.25) is 0 Å². The van der Waals surface area contributed by atoms with Gasteiger partial charge in [-0.3, -0.25) is 14.8 Å². The normalized spacial score (nSPS) is 27.6. The lowest BCUT2D eigenvalue weighted by Crippen LogP contribution is -2.67. The molecule has 0 amide bonds. The first-order valence-electron chi connectivity index (χ1n) is 11.6. The first-order valence-corrected chi connectivity index (χ1v) is 11.6. The number of rotatable bonds is 5. The van der Waals surface area contributed by atoms with Crippen molar-refractivity contribution in [2.24, 2.45) is 0 Å². The van der Waals surface area contributed by atoms with Gasteiger partial charge in [-0.1, -0.05) is 30.3 Å². The van der Waals surface area contributed by atoms with Crippen molar-refractivity contribution in [2.45, 2.75) is 56.7 Å². The number of nitrogens with zero attached hydrogens (tertiary/aromatic N) is 3. The molecule has 2 saturated heterocycles. The summed E-state index contributed by atoms with van der Waals surface area (Å²) in [6, 6.07) is 14.3. The number of hydrogen-bond acceptors (Lipinski definition) is 4. The third kappa shape index (κ3) is 3.96. The number of pyridine rings is 1. The maximum Gasteiger partial charge on any atom is 0.0593 e. The SMILES string of the molecule is OC[C@@H]1[C@H](c2ccc(C3=CCCC3)cc2)[C@H]2CN(Cc3ccncc3)CCCCN12. The van der Waals surface area contributed by atoms with E-state index in [1.165, 1.54) is 54.4 Å². The fourth-order valence-electron chi connectivity index (χ4n) is 5.75. The highest BCUT2D eigenvalue weighted by molar-refractivity contribution is 5.67. The first-order chi connectivity index (χ1) is 14.8. The van der Waals surface area contributed by atoms with E-state index >= 15 is 0 Å². The van der Waals surface area contributed by atoms with Crippen LogP contribution >= 0.6 is 0 Å². The van der Waals surface area contributed by atoms with Gasteiger partial charge in [0.2, 0.25) is 0 Å². The van der Waals surface area contributed by atoms with Crippen molar-refractivity contribution in [3.63, 3.8) is 0 Å². The van der Waals surface area contributed by atoms with Gasteiger partial charge in [-0.15, -0.1) is 0 Å². The van der Waals surface area contributed by atoms with E-state index in [1.54, 1.807) is 0 Å². The highest BCUT2D eigenvalue weighted by Crippen LogP contribution is 2.42. The summed E-state index contributed by atoms with van der Waals surface area (Å²) >= 11 is 0. The Kier molecular flexibility index (Phi) is 5.98. The molecule has 2 fully saturated rings. The van der Waals surface area contributed by atoms with E-state index < -0.39 is 0 Å². The second-order valence-corrected chi connectivity index (χ2v) is 9.12. The average molecular weight is 404 g/mol. The van der Waals surface area contributed by atoms with Gasteiger partial charge in [-0.2, -0.15) is 0 Å². The van der Waals surface area contributed by atoms with Gasteiger partial charge in [0.05, 0.1) is 6.61 Å². The van der Waals surface area contributed by atoms with E-state index in [-0.39, 0.29) is 12.6 Å². The minimum absolute atomic E-state index is 0.248. The standard InChI is InChI=1S/C26H33N3O/c30-19-25-26(23-9-7-22(8-10-23)21-5-1-2-6-21)24-18-28(15-3-4-16-29(24)25)17-20-11-13-27-14-12-20/h5,7-14,24-26,30H,1-4,6,15-19H2/t24-,25-,26-/m1/s1. The van der Waals surface area contributed by atoms with Gasteiger partial charge >= 0.3 is 0 Å². The Morgan fingerprint density at radius 3 is 2.50 bits per heavy atom. The summed E-state index contributed by atoms with van der Waals surface area (Å²) in [6.45, 7) is 4.56. The van der Waals surface area contributed by atoms with Gasteiger partial charge in [0.1, 0.15) is 0 Å². The molecule has 0 unspecified atom stereocenters. The summed E-state index contributed by atoms with van der Waals surface area (Å²) < 4.78 is 0. The van der Waals surface area contributed by atoms with Crippen LogP contribution in [-0.4, -0.2) is 58.2 Å². The summed E-state index contributed by atoms with van der Waals surface area (Å²) in [6.07, 6.45) is 12.3. The monoisotopic (exact) mass is 403 g/mol. The van der Waals surface area contributed by atoms with Crippen molar-refractivity contribution in [1.29, 1.82) is 0 Å². The Bertz CT molecular complexity index is 864. The van der Waals surface area contributed by atoms with Crippen molar-refractivity contribution in [3.8, 4) is 0 Å². The van der Waals surface area contributed by atoms with Crippen molar-refractivity contribution in [1.82, 2.24) is 14.8 Å². The van der Waals surface area contributed by atoms with Crippen molar-refractivity contribution in [2.75, 3.05) is 26.2 Å². The fraction of sp³-hybridized carbons (Fsp3) is 0.500. The zero-order valence-electron chi connectivity index (χ0n) is 17.8. The second-order valence-electron chi connectivity index (χ2n) is 9.12. The van der Waals surface area contributed by atoms with Gasteiger partial charge in [-0.25, -0.2) is 0 Å². The highest BCUT2D eigenvalue weighted by atomic mass is 16.3. The molecular formula is C26H33N3O. The predicted molar refractivity (Wildman–Crippen MR) is 121 cm³/mol. The molecule has 3 heterocycles. The largest absolute Gasteiger partial charge is 0.395 e. The maximum atomic E-state index is 10.2. The summed E-state index contributed by atoms with van der Waals surface area (Å²) in [5.41, 5.74) is 5.61.